The Hall–Kier alpha value is -1.26. The Bertz CT molecular complexity index is 465. The number of halogens is 1. The molecule has 1 N–H and O–H groups in total. The second-order valence-corrected chi connectivity index (χ2v) is 5.01. The lowest BCUT2D eigenvalue weighted by molar-refractivity contribution is -0.118. The van der Waals surface area contributed by atoms with Crippen molar-refractivity contribution < 1.29 is 9.53 Å². The van der Waals surface area contributed by atoms with Crippen LogP contribution in [0.5, 0.6) is 5.75 Å². The number of ether oxygens (including phenoxy) is 1. The quantitative estimate of drug-likeness (QED) is 0.902. The van der Waals surface area contributed by atoms with Crippen LogP contribution in [0, 0.1) is 0 Å². The molecule has 1 unspecified atom stereocenters. The third-order valence-corrected chi connectivity index (χ3v) is 3.59. The van der Waals surface area contributed by atoms with Gasteiger partial charge in [-0.1, -0.05) is 18.5 Å². The van der Waals surface area contributed by atoms with Gasteiger partial charge in [-0.2, -0.15) is 0 Å². The van der Waals surface area contributed by atoms with Crippen LogP contribution in [-0.2, 0) is 4.79 Å². The lowest BCUT2D eigenvalue weighted by Crippen LogP contribution is -2.38. The van der Waals surface area contributed by atoms with Crippen LogP contribution in [-0.4, -0.2) is 32.1 Å². The van der Waals surface area contributed by atoms with E-state index >= 15 is 0 Å². The monoisotopic (exact) mass is 282 g/mol. The van der Waals surface area contributed by atoms with E-state index in [1.165, 1.54) is 0 Å². The van der Waals surface area contributed by atoms with Gasteiger partial charge in [-0.3, -0.25) is 4.79 Å². The fourth-order valence-corrected chi connectivity index (χ4v) is 2.52. The first-order valence-corrected chi connectivity index (χ1v) is 6.93. The average molecular weight is 283 g/mol. The van der Waals surface area contributed by atoms with E-state index in [1.807, 2.05) is 6.07 Å². The summed E-state index contributed by atoms with van der Waals surface area (Å²) in [6, 6.07) is 5.36. The maximum atomic E-state index is 12.3. The SMILES string of the molecule is CCCNC1CCN(c2ccc(OC)c(Cl)c2)C1=O. The molecule has 0 bridgehead atoms. The number of methoxy groups -OCH3 is 1. The predicted octanol–water partition coefficient (Wildman–Crippen LogP) is 2.45. The highest BCUT2D eigenvalue weighted by atomic mass is 35.5. The zero-order chi connectivity index (χ0) is 13.8. The molecule has 1 atom stereocenters. The van der Waals surface area contributed by atoms with Crippen molar-refractivity contribution >= 4 is 23.2 Å². The molecule has 1 heterocycles. The van der Waals surface area contributed by atoms with E-state index in [2.05, 4.69) is 12.2 Å². The molecule has 0 aliphatic carbocycles. The van der Waals surface area contributed by atoms with Gasteiger partial charge in [-0.15, -0.1) is 0 Å². The van der Waals surface area contributed by atoms with Crippen LogP contribution >= 0.6 is 11.6 Å². The van der Waals surface area contributed by atoms with Gasteiger partial charge >= 0.3 is 0 Å². The molecule has 2 rings (SSSR count). The summed E-state index contributed by atoms with van der Waals surface area (Å²) < 4.78 is 5.12. The Labute approximate surface area is 118 Å². The Morgan fingerprint density at radius 3 is 2.95 bits per heavy atom. The van der Waals surface area contributed by atoms with Gasteiger partial charge in [0.15, 0.2) is 0 Å². The van der Waals surface area contributed by atoms with Gasteiger partial charge in [-0.05, 0) is 37.6 Å². The molecule has 104 valence electrons. The van der Waals surface area contributed by atoms with E-state index in [-0.39, 0.29) is 11.9 Å². The molecule has 1 aliphatic rings. The molecule has 1 aromatic rings. The number of nitrogens with one attached hydrogen (secondary N) is 1. The number of amides is 1. The molecule has 0 saturated carbocycles. The molecule has 0 spiro atoms. The van der Waals surface area contributed by atoms with Gasteiger partial charge in [0, 0.05) is 12.2 Å². The lowest BCUT2D eigenvalue weighted by Gasteiger charge is -2.18. The lowest BCUT2D eigenvalue weighted by atomic mass is 10.2. The Balaban J connectivity index is 2.11. The van der Waals surface area contributed by atoms with Crippen LogP contribution in [0.4, 0.5) is 5.69 Å². The first-order valence-electron chi connectivity index (χ1n) is 6.55. The molecule has 1 saturated heterocycles. The Morgan fingerprint density at radius 1 is 1.53 bits per heavy atom. The normalized spacial score (nSPS) is 19.0. The number of anilines is 1. The van der Waals surface area contributed by atoms with Gasteiger partial charge in [0.05, 0.1) is 18.2 Å². The summed E-state index contributed by atoms with van der Waals surface area (Å²) in [5.74, 6) is 0.743. The zero-order valence-electron chi connectivity index (χ0n) is 11.3. The van der Waals surface area contributed by atoms with Crippen LogP contribution in [0.25, 0.3) is 0 Å². The minimum Gasteiger partial charge on any atom is -0.495 e. The fraction of sp³-hybridized carbons (Fsp3) is 0.500. The third-order valence-electron chi connectivity index (χ3n) is 3.29. The number of carbonyl (C=O) groups excluding carboxylic acids is 1. The number of rotatable bonds is 5. The van der Waals surface area contributed by atoms with E-state index in [0.717, 1.165) is 31.6 Å². The number of hydrogen-bond donors (Lipinski definition) is 1. The van der Waals surface area contributed by atoms with E-state index in [0.29, 0.717) is 10.8 Å². The first-order chi connectivity index (χ1) is 9.17. The van der Waals surface area contributed by atoms with Crippen LogP contribution in [0.2, 0.25) is 5.02 Å². The minimum absolute atomic E-state index is 0.0687. The summed E-state index contributed by atoms with van der Waals surface area (Å²) in [6.45, 7) is 3.68. The molecule has 4 nitrogen and oxygen atoms in total. The number of benzene rings is 1. The molecule has 5 heteroatoms. The van der Waals surface area contributed by atoms with Crippen molar-refractivity contribution in [2.45, 2.75) is 25.8 Å². The van der Waals surface area contributed by atoms with Crippen molar-refractivity contribution in [2.75, 3.05) is 25.1 Å². The van der Waals surface area contributed by atoms with Gasteiger partial charge in [0.1, 0.15) is 5.75 Å². The maximum Gasteiger partial charge on any atom is 0.244 e. The first kappa shape index (κ1) is 14.2. The molecular formula is C14H19ClN2O2. The van der Waals surface area contributed by atoms with E-state index in [9.17, 15) is 4.79 Å². The predicted molar refractivity (Wildman–Crippen MR) is 77.1 cm³/mol. The largest absolute Gasteiger partial charge is 0.495 e. The summed E-state index contributed by atoms with van der Waals surface area (Å²) in [7, 11) is 1.58. The highest BCUT2D eigenvalue weighted by Crippen LogP contribution is 2.31. The van der Waals surface area contributed by atoms with Crippen molar-refractivity contribution in [3.05, 3.63) is 23.2 Å². The third kappa shape index (κ3) is 3.01. The zero-order valence-corrected chi connectivity index (χ0v) is 12.0. The van der Waals surface area contributed by atoms with Crippen molar-refractivity contribution in [3.63, 3.8) is 0 Å². The van der Waals surface area contributed by atoms with E-state index in [4.69, 9.17) is 16.3 Å². The summed E-state index contributed by atoms with van der Waals surface area (Å²) in [5, 5.41) is 3.79. The molecule has 0 aromatic heterocycles. The molecule has 1 fully saturated rings. The van der Waals surface area contributed by atoms with Crippen molar-refractivity contribution in [1.29, 1.82) is 0 Å². The Morgan fingerprint density at radius 2 is 2.32 bits per heavy atom. The Kier molecular flexibility index (Phi) is 4.66. The standard InChI is InChI=1S/C14H19ClN2O2/c1-3-7-16-12-6-8-17(14(12)18)10-4-5-13(19-2)11(15)9-10/h4-5,9,12,16H,3,6-8H2,1-2H3. The highest BCUT2D eigenvalue weighted by Gasteiger charge is 2.32. The van der Waals surface area contributed by atoms with Crippen molar-refractivity contribution in [1.82, 2.24) is 5.32 Å². The summed E-state index contributed by atoms with van der Waals surface area (Å²) in [4.78, 5) is 14.0. The van der Waals surface area contributed by atoms with Crippen LogP contribution in [0.3, 0.4) is 0 Å². The second-order valence-electron chi connectivity index (χ2n) is 4.60. The number of hydrogen-bond acceptors (Lipinski definition) is 3. The van der Waals surface area contributed by atoms with Crippen LogP contribution in [0.1, 0.15) is 19.8 Å². The average Bonchev–Trinajstić information content (AvgIpc) is 2.77. The molecular weight excluding hydrogens is 264 g/mol. The van der Waals surface area contributed by atoms with Gasteiger partial charge in [0.2, 0.25) is 5.91 Å². The fourth-order valence-electron chi connectivity index (χ4n) is 2.27. The van der Waals surface area contributed by atoms with Crippen molar-refractivity contribution in [3.8, 4) is 5.75 Å². The number of nitrogens with zero attached hydrogens (tertiary/aromatic N) is 1. The van der Waals surface area contributed by atoms with Gasteiger partial charge < -0.3 is 15.0 Å². The smallest absolute Gasteiger partial charge is 0.244 e. The molecule has 19 heavy (non-hydrogen) atoms. The molecule has 0 radical (unpaired) electrons. The van der Waals surface area contributed by atoms with Crippen LogP contribution < -0.4 is 15.0 Å². The minimum atomic E-state index is -0.0687. The number of carbonyl (C=O) groups is 1. The van der Waals surface area contributed by atoms with E-state index in [1.54, 1.807) is 24.1 Å². The maximum absolute atomic E-state index is 12.3. The summed E-state index contributed by atoms with van der Waals surface area (Å²) in [6.07, 6.45) is 1.86. The molecule has 1 amide bonds. The molecule has 1 aromatic carbocycles. The van der Waals surface area contributed by atoms with Gasteiger partial charge in [0.25, 0.3) is 0 Å². The topological polar surface area (TPSA) is 41.6 Å². The highest BCUT2D eigenvalue weighted by molar-refractivity contribution is 6.32. The van der Waals surface area contributed by atoms with Crippen LogP contribution in [0.15, 0.2) is 18.2 Å². The summed E-state index contributed by atoms with van der Waals surface area (Å²) in [5.41, 5.74) is 0.830. The van der Waals surface area contributed by atoms with Crippen molar-refractivity contribution in [2.24, 2.45) is 0 Å². The van der Waals surface area contributed by atoms with E-state index < -0.39 is 0 Å². The summed E-state index contributed by atoms with van der Waals surface area (Å²) >= 11 is 6.10. The van der Waals surface area contributed by atoms with Gasteiger partial charge in [-0.25, -0.2) is 0 Å². The second kappa shape index (κ2) is 6.26. The molecule has 1 aliphatic heterocycles.